The third-order valence-electron chi connectivity index (χ3n) is 8.78. The number of hydrogen-bond donors (Lipinski definition) is 2. The Labute approximate surface area is 303 Å². The number of esters is 1. The Hall–Kier alpha value is -4.20. The maximum atomic E-state index is 14.2. The summed E-state index contributed by atoms with van der Waals surface area (Å²) >= 11 is 12.2. The first kappa shape index (κ1) is 38.0. The van der Waals surface area contributed by atoms with E-state index in [-0.39, 0.29) is 65.2 Å². The Bertz CT molecular complexity index is 1920. The first-order valence-corrected chi connectivity index (χ1v) is 18.2. The average molecular weight is 764 g/mol. The van der Waals surface area contributed by atoms with Crippen LogP contribution >= 0.6 is 23.2 Å². The van der Waals surface area contributed by atoms with Crippen LogP contribution in [-0.2, 0) is 30.8 Å². The van der Waals surface area contributed by atoms with Crippen LogP contribution in [0.4, 0.5) is 14.5 Å². The minimum absolute atomic E-state index is 0.0000781. The fourth-order valence-electron chi connectivity index (χ4n) is 6.23. The van der Waals surface area contributed by atoms with Gasteiger partial charge in [0.2, 0.25) is 15.9 Å². The molecule has 3 atom stereocenters. The van der Waals surface area contributed by atoms with E-state index in [1.165, 1.54) is 36.7 Å². The number of benzene rings is 2. The lowest BCUT2D eigenvalue weighted by Crippen LogP contribution is -2.59. The fraction of sp³-hybridized carbons (Fsp3) is 0.382. The van der Waals surface area contributed by atoms with Gasteiger partial charge in [0.25, 0.3) is 11.8 Å². The van der Waals surface area contributed by atoms with Crippen LogP contribution in [-0.4, -0.2) is 90.7 Å². The van der Waals surface area contributed by atoms with Crippen LogP contribution in [0.5, 0.6) is 0 Å². The Kier molecular flexibility index (Phi) is 11.9. The second-order valence-corrected chi connectivity index (χ2v) is 14.8. The number of carbonyl (C=O) groups excluding carboxylic acids is 3. The Balaban J connectivity index is 1.39. The molecule has 12 nitrogen and oxygen atoms in total. The quantitative estimate of drug-likeness (QED) is 0.265. The zero-order chi connectivity index (χ0) is 36.9. The topological polar surface area (TPSA) is 162 Å². The second kappa shape index (κ2) is 16.0. The van der Waals surface area contributed by atoms with E-state index < -0.39 is 64.7 Å². The summed E-state index contributed by atoms with van der Waals surface area (Å²) in [7, 11) is -4.35. The van der Waals surface area contributed by atoms with Gasteiger partial charge in [-0.2, -0.15) is 9.57 Å². The van der Waals surface area contributed by atoms with Gasteiger partial charge in [-0.3, -0.25) is 19.5 Å². The van der Waals surface area contributed by atoms with E-state index in [1.807, 2.05) is 6.07 Å². The predicted molar refractivity (Wildman–Crippen MR) is 184 cm³/mol. The van der Waals surface area contributed by atoms with Gasteiger partial charge < -0.3 is 15.4 Å². The number of pyridine rings is 1. The van der Waals surface area contributed by atoms with Gasteiger partial charge in [-0.05, 0) is 49.2 Å². The summed E-state index contributed by atoms with van der Waals surface area (Å²) < 4.78 is 62.4. The van der Waals surface area contributed by atoms with Crippen LogP contribution in [0.1, 0.15) is 47.7 Å². The number of halogens is 4. The largest absolute Gasteiger partial charge is 0.464 e. The van der Waals surface area contributed by atoms with E-state index >= 15 is 0 Å². The number of sulfonamides is 1. The van der Waals surface area contributed by atoms with Crippen LogP contribution in [0, 0.1) is 11.3 Å². The Morgan fingerprint density at radius 1 is 1.08 bits per heavy atom. The van der Waals surface area contributed by atoms with Gasteiger partial charge in [0, 0.05) is 63.0 Å². The molecule has 3 heterocycles. The molecule has 0 bridgehead atoms. The van der Waals surface area contributed by atoms with Gasteiger partial charge in [0.15, 0.2) is 0 Å². The van der Waals surface area contributed by atoms with Crippen molar-refractivity contribution in [3.8, 4) is 6.07 Å². The zero-order valence-corrected chi connectivity index (χ0v) is 29.6. The third-order valence-corrected chi connectivity index (χ3v) is 11.2. The lowest BCUT2D eigenvalue weighted by molar-refractivity contribution is -0.148. The van der Waals surface area contributed by atoms with Crippen LogP contribution in [0.3, 0.4) is 0 Å². The molecule has 2 N–H and O–H groups in total. The molecule has 5 rings (SSSR count). The van der Waals surface area contributed by atoms with Crippen LogP contribution in [0.2, 0.25) is 10.0 Å². The number of alkyl halides is 2. The number of nitrogens with one attached hydrogen (secondary N) is 2. The molecule has 2 aliphatic heterocycles. The van der Waals surface area contributed by atoms with E-state index in [4.69, 9.17) is 27.9 Å². The molecule has 2 aliphatic rings. The van der Waals surface area contributed by atoms with Crippen molar-refractivity contribution in [2.24, 2.45) is 0 Å². The van der Waals surface area contributed by atoms with Crippen molar-refractivity contribution in [1.29, 1.82) is 5.26 Å². The van der Waals surface area contributed by atoms with Crippen molar-refractivity contribution in [2.75, 3.05) is 31.6 Å². The number of piperidine rings is 1. The molecule has 3 unspecified atom stereocenters. The standard InChI is InChI=1S/C34H34Cl2F2N6O6S/c1-2-50-33(47)27(17-21-6-8-23(9-7-21)41-31(45)29-25(35)19-40-20-26(29)36)42-32(46)30-28(43-14-11-34(37,38)12-15-43)10-13-44(30)51(48,49)24-5-3-4-22(16-24)18-39/h3-9,16,19-20,27-28,30H,2,10-15,17H2,1H3,(H,41,45)(H,42,46). The molecule has 2 saturated heterocycles. The third kappa shape index (κ3) is 8.82. The number of likely N-dealkylation sites (tertiary alicyclic amines) is 1. The van der Waals surface area contributed by atoms with Crippen molar-refractivity contribution >= 4 is 56.7 Å². The highest BCUT2D eigenvalue weighted by atomic mass is 35.5. The molecule has 3 aromatic rings. The Morgan fingerprint density at radius 3 is 2.37 bits per heavy atom. The summed E-state index contributed by atoms with van der Waals surface area (Å²) in [5.74, 6) is -5.02. The molecule has 270 valence electrons. The number of nitriles is 1. The van der Waals surface area contributed by atoms with Crippen molar-refractivity contribution < 1.29 is 36.3 Å². The number of ether oxygens (including phenoxy) is 1. The minimum Gasteiger partial charge on any atom is -0.464 e. The van der Waals surface area contributed by atoms with Crippen molar-refractivity contribution in [2.45, 2.75) is 61.6 Å². The monoisotopic (exact) mass is 762 g/mol. The molecule has 0 radical (unpaired) electrons. The van der Waals surface area contributed by atoms with Gasteiger partial charge >= 0.3 is 5.97 Å². The lowest BCUT2D eigenvalue weighted by atomic mass is 9.99. The van der Waals surface area contributed by atoms with Crippen molar-refractivity contribution in [3.63, 3.8) is 0 Å². The first-order chi connectivity index (χ1) is 24.2. The molecule has 51 heavy (non-hydrogen) atoms. The van der Waals surface area contributed by atoms with Gasteiger partial charge in [-0.25, -0.2) is 22.0 Å². The molecule has 2 aromatic carbocycles. The second-order valence-electron chi connectivity index (χ2n) is 12.1. The first-order valence-electron chi connectivity index (χ1n) is 16.0. The summed E-state index contributed by atoms with van der Waals surface area (Å²) in [6.45, 7) is 1.40. The van der Waals surface area contributed by atoms with Crippen LogP contribution in [0.25, 0.3) is 0 Å². The predicted octanol–water partition coefficient (Wildman–Crippen LogP) is 4.67. The van der Waals surface area contributed by atoms with Gasteiger partial charge in [0.05, 0.1) is 38.7 Å². The normalized spacial score (nSPS) is 19.8. The van der Waals surface area contributed by atoms with Gasteiger partial charge in [-0.1, -0.05) is 41.4 Å². The van der Waals surface area contributed by atoms with Gasteiger partial charge in [-0.15, -0.1) is 0 Å². The summed E-state index contributed by atoms with van der Waals surface area (Å²) in [6.07, 6.45) is 1.79. The molecular formula is C34H34Cl2F2N6O6S. The van der Waals surface area contributed by atoms with E-state index in [0.29, 0.717) is 11.3 Å². The van der Waals surface area contributed by atoms with E-state index in [9.17, 15) is 36.8 Å². The lowest BCUT2D eigenvalue weighted by Gasteiger charge is -2.39. The highest BCUT2D eigenvalue weighted by Gasteiger charge is 2.50. The van der Waals surface area contributed by atoms with Crippen LogP contribution in [0.15, 0.2) is 65.8 Å². The number of aromatic nitrogens is 1. The number of carbonyl (C=O) groups is 3. The molecule has 17 heteroatoms. The minimum atomic E-state index is -4.35. The summed E-state index contributed by atoms with van der Waals surface area (Å²) in [6, 6.07) is 10.3. The van der Waals surface area contributed by atoms with Gasteiger partial charge in [0.1, 0.15) is 12.1 Å². The Morgan fingerprint density at radius 2 is 1.75 bits per heavy atom. The van der Waals surface area contributed by atoms with E-state index in [2.05, 4.69) is 15.6 Å². The van der Waals surface area contributed by atoms with E-state index in [0.717, 1.165) is 4.31 Å². The molecule has 0 aliphatic carbocycles. The zero-order valence-electron chi connectivity index (χ0n) is 27.3. The van der Waals surface area contributed by atoms with Crippen molar-refractivity contribution in [1.82, 2.24) is 19.5 Å². The number of amides is 2. The number of nitrogens with zero attached hydrogens (tertiary/aromatic N) is 4. The maximum absolute atomic E-state index is 14.2. The smallest absolute Gasteiger partial charge is 0.328 e. The molecule has 0 spiro atoms. The maximum Gasteiger partial charge on any atom is 0.328 e. The molecule has 1 aromatic heterocycles. The molecule has 2 amide bonds. The highest BCUT2D eigenvalue weighted by molar-refractivity contribution is 7.89. The summed E-state index contributed by atoms with van der Waals surface area (Å²) in [4.78, 5) is 45.5. The van der Waals surface area contributed by atoms with E-state index in [1.54, 1.807) is 36.1 Å². The summed E-state index contributed by atoms with van der Waals surface area (Å²) in [5, 5.41) is 14.9. The van der Waals surface area contributed by atoms with Crippen LogP contribution < -0.4 is 10.6 Å². The average Bonchev–Trinajstić information content (AvgIpc) is 3.55. The summed E-state index contributed by atoms with van der Waals surface area (Å²) in [5.41, 5.74) is 1.08. The number of hydrogen-bond acceptors (Lipinski definition) is 9. The molecular weight excluding hydrogens is 729 g/mol. The highest BCUT2D eigenvalue weighted by Crippen LogP contribution is 2.35. The molecule has 0 saturated carbocycles. The number of anilines is 1. The number of rotatable bonds is 11. The fourth-order valence-corrected chi connectivity index (χ4v) is 8.44. The van der Waals surface area contributed by atoms with Crippen molar-refractivity contribution in [3.05, 3.63) is 87.7 Å². The SMILES string of the molecule is CCOC(=O)C(Cc1ccc(NC(=O)c2c(Cl)cncc2Cl)cc1)NC(=O)C1C(N2CCC(F)(F)CC2)CCN1S(=O)(=O)c1cccc(C#N)c1. The molecule has 2 fully saturated rings.